The summed E-state index contributed by atoms with van der Waals surface area (Å²) in [5, 5.41) is 13.7. The Morgan fingerprint density at radius 3 is 2.88 bits per heavy atom. The predicted octanol–water partition coefficient (Wildman–Crippen LogP) is 1.36. The largest absolute Gasteiger partial charge is 0.487 e. The molecule has 0 aliphatic heterocycles. The number of hydrogen-bond donors (Lipinski definition) is 2. The van der Waals surface area contributed by atoms with E-state index in [-0.39, 0.29) is 11.4 Å². The normalized spacial score (nSPS) is 9.88. The highest BCUT2D eigenvalue weighted by Gasteiger charge is 2.14. The van der Waals surface area contributed by atoms with E-state index in [0.717, 1.165) is 5.69 Å². The van der Waals surface area contributed by atoms with Crippen molar-refractivity contribution in [1.29, 1.82) is 0 Å². The first-order chi connectivity index (χ1) is 7.69. The van der Waals surface area contributed by atoms with Crippen molar-refractivity contribution in [3.05, 3.63) is 28.3 Å². The number of nitrogens with zero attached hydrogens (tertiary/aromatic N) is 1. The van der Waals surface area contributed by atoms with Crippen LogP contribution in [0, 0.1) is 10.1 Å². The second-order valence-corrected chi connectivity index (χ2v) is 3.09. The third kappa shape index (κ3) is 3.09. The number of nitro benzene ring substituents is 1. The molecule has 0 saturated heterocycles. The molecule has 88 valence electrons. The second-order valence-electron chi connectivity index (χ2n) is 3.09. The van der Waals surface area contributed by atoms with Gasteiger partial charge in [-0.2, -0.15) is 0 Å². The summed E-state index contributed by atoms with van der Waals surface area (Å²) in [6.45, 7) is 3.29. The number of anilines is 1. The van der Waals surface area contributed by atoms with Crippen LogP contribution in [0.25, 0.3) is 0 Å². The van der Waals surface area contributed by atoms with Crippen LogP contribution in [0.4, 0.5) is 11.4 Å². The minimum atomic E-state index is -0.461. The van der Waals surface area contributed by atoms with Gasteiger partial charge in [0.25, 0.3) is 0 Å². The number of benzene rings is 1. The van der Waals surface area contributed by atoms with Gasteiger partial charge in [-0.3, -0.25) is 10.1 Å². The monoisotopic (exact) mass is 225 g/mol. The van der Waals surface area contributed by atoms with Crippen molar-refractivity contribution in [2.75, 3.05) is 25.0 Å². The van der Waals surface area contributed by atoms with E-state index < -0.39 is 4.92 Å². The van der Waals surface area contributed by atoms with Crippen LogP contribution >= 0.6 is 0 Å². The summed E-state index contributed by atoms with van der Waals surface area (Å²) in [6, 6.07) is 4.66. The highest BCUT2D eigenvalue weighted by atomic mass is 16.6. The number of ether oxygens (including phenoxy) is 1. The average molecular weight is 225 g/mol. The third-order valence-corrected chi connectivity index (χ3v) is 1.93. The molecule has 0 aliphatic carbocycles. The molecule has 16 heavy (non-hydrogen) atoms. The lowest BCUT2D eigenvalue weighted by atomic mass is 10.2. The van der Waals surface area contributed by atoms with Gasteiger partial charge in [-0.25, -0.2) is 0 Å². The van der Waals surface area contributed by atoms with E-state index in [4.69, 9.17) is 10.5 Å². The van der Waals surface area contributed by atoms with Gasteiger partial charge in [0.1, 0.15) is 0 Å². The Bertz CT molecular complexity index is 368. The van der Waals surface area contributed by atoms with Crippen molar-refractivity contribution in [3.8, 4) is 5.75 Å². The highest BCUT2D eigenvalue weighted by molar-refractivity contribution is 5.57. The molecular formula is C10H15N3O3. The minimum Gasteiger partial charge on any atom is -0.487 e. The summed E-state index contributed by atoms with van der Waals surface area (Å²) in [5.74, 6) is 0.273. The SMILES string of the molecule is CCOc1cc(NCCN)ccc1[N+](=O)[O-]. The van der Waals surface area contributed by atoms with Crippen molar-refractivity contribution < 1.29 is 9.66 Å². The van der Waals surface area contributed by atoms with Crippen molar-refractivity contribution >= 4 is 11.4 Å². The van der Waals surface area contributed by atoms with Gasteiger partial charge in [0.05, 0.1) is 11.5 Å². The Kier molecular flexibility index (Phi) is 4.53. The molecule has 0 atom stereocenters. The molecule has 1 aromatic rings. The molecule has 0 heterocycles. The maximum absolute atomic E-state index is 10.7. The molecule has 0 spiro atoms. The highest BCUT2D eigenvalue weighted by Crippen LogP contribution is 2.29. The maximum Gasteiger partial charge on any atom is 0.311 e. The summed E-state index contributed by atoms with van der Waals surface area (Å²) in [7, 11) is 0. The first-order valence-electron chi connectivity index (χ1n) is 5.04. The molecule has 6 heteroatoms. The van der Waals surface area contributed by atoms with Crippen LogP contribution < -0.4 is 15.8 Å². The summed E-state index contributed by atoms with van der Waals surface area (Å²) in [5.41, 5.74) is 6.09. The zero-order valence-corrected chi connectivity index (χ0v) is 9.10. The summed E-state index contributed by atoms with van der Waals surface area (Å²) < 4.78 is 5.21. The molecule has 0 radical (unpaired) electrons. The van der Waals surface area contributed by atoms with E-state index in [9.17, 15) is 10.1 Å². The van der Waals surface area contributed by atoms with Crippen LogP contribution in [0.3, 0.4) is 0 Å². The van der Waals surface area contributed by atoms with Crippen LogP contribution in [0.15, 0.2) is 18.2 Å². The molecule has 0 amide bonds. The first-order valence-corrected chi connectivity index (χ1v) is 5.04. The number of nitrogens with one attached hydrogen (secondary N) is 1. The molecule has 0 aromatic heterocycles. The molecule has 6 nitrogen and oxygen atoms in total. The Labute approximate surface area is 93.5 Å². The van der Waals surface area contributed by atoms with Crippen molar-refractivity contribution in [2.45, 2.75) is 6.92 Å². The molecule has 3 N–H and O–H groups in total. The van der Waals surface area contributed by atoms with Crippen LogP contribution in [-0.2, 0) is 0 Å². The second kappa shape index (κ2) is 5.92. The molecule has 0 saturated carbocycles. The lowest BCUT2D eigenvalue weighted by Crippen LogP contribution is -2.13. The van der Waals surface area contributed by atoms with E-state index in [1.165, 1.54) is 6.07 Å². The van der Waals surface area contributed by atoms with Gasteiger partial charge in [0, 0.05) is 30.9 Å². The Morgan fingerprint density at radius 2 is 2.31 bits per heavy atom. The quantitative estimate of drug-likeness (QED) is 0.563. The van der Waals surface area contributed by atoms with E-state index in [1.807, 2.05) is 0 Å². The molecule has 0 bridgehead atoms. The lowest BCUT2D eigenvalue weighted by molar-refractivity contribution is -0.385. The Hall–Kier alpha value is -1.82. The third-order valence-electron chi connectivity index (χ3n) is 1.93. The number of nitro groups is 1. The molecule has 1 rings (SSSR count). The fourth-order valence-electron chi connectivity index (χ4n) is 1.26. The average Bonchev–Trinajstić information content (AvgIpc) is 2.26. The van der Waals surface area contributed by atoms with Gasteiger partial charge in [-0.1, -0.05) is 0 Å². The predicted molar refractivity (Wildman–Crippen MR) is 61.8 cm³/mol. The van der Waals surface area contributed by atoms with E-state index in [0.29, 0.717) is 19.7 Å². The number of nitrogens with two attached hydrogens (primary N) is 1. The molecule has 1 aromatic carbocycles. The molecule has 0 aliphatic rings. The van der Waals surface area contributed by atoms with Gasteiger partial charge in [0.15, 0.2) is 5.75 Å². The summed E-state index contributed by atoms with van der Waals surface area (Å²) >= 11 is 0. The minimum absolute atomic E-state index is 0.0276. The fraction of sp³-hybridized carbons (Fsp3) is 0.400. The van der Waals surface area contributed by atoms with Gasteiger partial charge < -0.3 is 15.8 Å². The molecular weight excluding hydrogens is 210 g/mol. The van der Waals surface area contributed by atoms with Crippen LogP contribution in [0.2, 0.25) is 0 Å². The number of hydrogen-bond acceptors (Lipinski definition) is 5. The van der Waals surface area contributed by atoms with Crippen molar-refractivity contribution in [2.24, 2.45) is 5.73 Å². The first kappa shape index (κ1) is 12.3. The maximum atomic E-state index is 10.7. The van der Waals surface area contributed by atoms with Crippen LogP contribution in [0.1, 0.15) is 6.92 Å². The van der Waals surface area contributed by atoms with Crippen molar-refractivity contribution in [1.82, 2.24) is 0 Å². The van der Waals surface area contributed by atoms with E-state index in [2.05, 4.69) is 5.32 Å². The van der Waals surface area contributed by atoms with Gasteiger partial charge in [-0.05, 0) is 13.0 Å². The standard InChI is InChI=1S/C10H15N3O3/c1-2-16-10-7-8(12-6-5-11)3-4-9(10)13(14)15/h3-4,7,12H,2,5-6,11H2,1H3. The van der Waals surface area contributed by atoms with Gasteiger partial charge in [0.2, 0.25) is 0 Å². The molecule has 0 unspecified atom stereocenters. The smallest absolute Gasteiger partial charge is 0.311 e. The fourth-order valence-corrected chi connectivity index (χ4v) is 1.26. The van der Waals surface area contributed by atoms with Gasteiger partial charge >= 0.3 is 5.69 Å². The van der Waals surface area contributed by atoms with Crippen LogP contribution in [-0.4, -0.2) is 24.6 Å². The van der Waals surface area contributed by atoms with Gasteiger partial charge in [-0.15, -0.1) is 0 Å². The van der Waals surface area contributed by atoms with E-state index >= 15 is 0 Å². The zero-order chi connectivity index (χ0) is 12.0. The summed E-state index contributed by atoms with van der Waals surface area (Å²) in [6.07, 6.45) is 0. The van der Waals surface area contributed by atoms with Crippen molar-refractivity contribution in [3.63, 3.8) is 0 Å². The topological polar surface area (TPSA) is 90.4 Å². The Morgan fingerprint density at radius 1 is 1.56 bits per heavy atom. The summed E-state index contributed by atoms with van der Waals surface area (Å²) in [4.78, 5) is 10.2. The Balaban J connectivity index is 2.92. The van der Waals surface area contributed by atoms with Crippen LogP contribution in [0.5, 0.6) is 5.75 Å². The lowest BCUT2D eigenvalue weighted by Gasteiger charge is -2.08. The molecule has 0 fully saturated rings. The zero-order valence-electron chi connectivity index (χ0n) is 9.10. The van der Waals surface area contributed by atoms with E-state index in [1.54, 1.807) is 19.1 Å². The number of rotatable bonds is 6.